The summed E-state index contributed by atoms with van der Waals surface area (Å²) in [6.45, 7) is 2.07. The predicted octanol–water partition coefficient (Wildman–Crippen LogP) is 5.38. The Kier molecular flexibility index (Phi) is 3.34. The van der Waals surface area contributed by atoms with Crippen molar-refractivity contribution in [1.82, 2.24) is 4.98 Å². The van der Waals surface area contributed by atoms with Crippen molar-refractivity contribution in [1.29, 1.82) is 0 Å². The standard InChI is InChI=1S/C9H9N.C8H6S/c1-7-6-8-4-2-3-5-9(8)10-7;1-2-4-8-7(3-1)5-6-9-8/h2-6,10H,1H3;1-6H. The Hall–Kier alpha value is -2.06. The molecule has 2 aromatic heterocycles. The number of hydrogen-bond acceptors (Lipinski definition) is 1. The molecule has 2 heteroatoms. The molecule has 0 aliphatic heterocycles. The van der Waals surface area contributed by atoms with E-state index in [1.165, 1.54) is 26.7 Å². The van der Waals surface area contributed by atoms with Gasteiger partial charge in [0, 0.05) is 15.9 Å². The lowest BCUT2D eigenvalue weighted by Gasteiger charge is -1.83. The highest BCUT2D eigenvalue weighted by molar-refractivity contribution is 7.17. The lowest BCUT2D eigenvalue weighted by atomic mass is 10.2. The molecule has 4 rings (SSSR count). The number of aromatic nitrogens is 1. The summed E-state index contributed by atoms with van der Waals surface area (Å²) >= 11 is 1.79. The Bertz CT molecular complexity index is 732. The van der Waals surface area contributed by atoms with Crippen molar-refractivity contribution < 1.29 is 0 Å². The highest BCUT2D eigenvalue weighted by Gasteiger charge is 1.92. The van der Waals surface area contributed by atoms with Gasteiger partial charge < -0.3 is 4.98 Å². The zero-order valence-electron chi connectivity index (χ0n) is 10.8. The highest BCUT2D eigenvalue weighted by Crippen LogP contribution is 2.18. The number of thiophene rings is 1. The van der Waals surface area contributed by atoms with Gasteiger partial charge in [-0.2, -0.15) is 0 Å². The first-order valence-corrected chi connectivity index (χ1v) is 7.17. The Labute approximate surface area is 116 Å². The van der Waals surface area contributed by atoms with Crippen molar-refractivity contribution in [2.45, 2.75) is 6.92 Å². The maximum absolute atomic E-state index is 3.26. The van der Waals surface area contributed by atoms with Crippen LogP contribution >= 0.6 is 11.3 Å². The zero-order valence-corrected chi connectivity index (χ0v) is 11.6. The predicted molar refractivity (Wildman–Crippen MR) is 84.9 cm³/mol. The number of aryl methyl sites for hydroxylation is 1. The van der Waals surface area contributed by atoms with Gasteiger partial charge in [-0.05, 0) is 47.3 Å². The largest absolute Gasteiger partial charge is 0.359 e. The fourth-order valence-corrected chi connectivity index (χ4v) is 2.92. The molecule has 1 nitrogen and oxygen atoms in total. The molecule has 0 fully saturated rings. The van der Waals surface area contributed by atoms with Crippen molar-refractivity contribution in [2.24, 2.45) is 0 Å². The molecule has 0 unspecified atom stereocenters. The molecule has 0 spiro atoms. The smallest absolute Gasteiger partial charge is 0.0455 e. The van der Waals surface area contributed by atoms with Gasteiger partial charge in [-0.15, -0.1) is 11.3 Å². The Morgan fingerprint density at radius 2 is 1.58 bits per heavy atom. The molecule has 1 N–H and O–H groups in total. The first-order chi connectivity index (χ1) is 9.33. The highest BCUT2D eigenvalue weighted by atomic mass is 32.1. The van der Waals surface area contributed by atoms with Crippen LogP contribution in [-0.2, 0) is 0 Å². The van der Waals surface area contributed by atoms with Crippen LogP contribution in [0.15, 0.2) is 66.0 Å². The van der Waals surface area contributed by atoms with E-state index in [1.807, 2.05) is 6.07 Å². The van der Waals surface area contributed by atoms with Crippen LogP contribution in [0.2, 0.25) is 0 Å². The molecule has 19 heavy (non-hydrogen) atoms. The summed E-state index contributed by atoms with van der Waals surface area (Å²) in [4.78, 5) is 3.26. The van der Waals surface area contributed by atoms with Crippen LogP contribution in [0.25, 0.3) is 21.0 Å². The van der Waals surface area contributed by atoms with Crippen molar-refractivity contribution in [3.05, 3.63) is 71.7 Å². The zero-order chi connectivity index (χ0) is 13.1. The summed E-state index contributed by atoms with van der Waals surface area (Å²) in [7, 11) is 0. The maximum atomic E-state index is 3.26. The Balaban J connectivity index is 0.000000117. The minimum Gasteiger partial charge on any atom is -0.359 e. The van der Waals surface area contributed by atoms with E-state index in [4.69, 9.17) is 0 Å². The van der Waals surface area contributed by atoms with E-state index in [2.05, 4.69) is 71.9 Å². The van der Waals surface area contributed by atoms with Crippen LogP contribution in [-0.4, -0.2) is 4.98 Å². The van der Waals surface area contributed by atoms with Crippen LogP contribution in [0.1, 0.15) is 5.69 Å². The molecule has 0 saturated heterocycles. The van der Waals surface area contributed by atoms with Gasteiger partial charge in [-0.1, -0.05) is 36.4 Å². The minimum absolute atomic E-state index is 1.22. The Morgan fingerprint density at radius 3 is 2.37 bits per heavy atom. The van der Waals surface area contributed by atoms with Gasteiger partial charge in [0.1, 0.15) is 0 Å². The molecular weight excluding hydrogens is 250 g/mol. The normalized spacial score (nSPS) is 10.4. The second kappa shape index (κ2) is 5.29. The van der Waals surface area contributed by atoms with E-state index in [0.717, 1.165) is 0 Å². The lowest BCUT2D eigenvalue weighted by Crippen LogP contribution is -1.65. The number of benzene rings is 2. The van der Waals surface area contributed by atoms with E-state index in [-0.39, 0.29) is 0 Å². The molecule has 4 aromatic rings. The molecule has 2 heterocycles. The summed E-state index contributed by atoms with van der Waals surface area (Å²) in [5.41, 5.74) is 2.45. The van der Waals surface area contributed by atoms with E-state index >= 15 is 0 Å². The molecule has 0 amide bonds. The fourth-order valence-electron chi connectivity index (χ4n) is 2.12. The summed E-state index contributed by atoms with van der Waals surface area (Å²) in [5, 5.41) is 4.76. The van der Waals surface area contributed by atoms with Crippen LogP contribution in [0.5, 0.6) is 0 Å². The second-order valence-electron chi connectivity index (χ2n) is 4.50. The molecule has 0 radical (unpaired) electrons. The average molecular weight is 265 g/mol. The number of aromatic amines is 1. The molecule has 0 aliphatic carbocycles. The summed E-state index contributed by atoms with van der Waals surface area (Å²) in [6.07, 6.45) is 0. The second-order valence-corrected chi connectivity index (χ2v) is 5.45. The van der Waals surface area contributed by atoms with Gasteiger partial charge >= 0.3 is 0 Å². The van der Waals surface area contributed by atoms with Crippen LogP contribution in [0, 0.1) is 6.92 Å². The number of para-hydroxylation sites is 1. The summed E-state index contributed by atoms with van der Waals surface area (Å²) in [6, 6.07) is 21.0. The van der Waals surface area contributed by atoms with Gasteiger partial charge in [0.05, 0.1) is 0 Å². The fraction of sp³-hybridized carbons (Fsp3) is 0.0588. The molecule has 94 valence electrons. The van der Waals surface area contributed by atoms with E-state index in [1.54, 1.807) is 11.3 Å². The lowest BCUT2D eigenvalue weighted by molar-refractivity contribution is 1.30. The van der Waals surface area contributed by atoms with Crippen molar-refractivity contribution in [2.75, 3.05) is 0 Å². The number of hydrogen-bond donors (Lipinski definition) is 1. The Morgan fingerprint density at radius 1 is 0.842 bits per heavy atom. The average Bonchev–Trinajstić information content (AvgIpc) is 3.03. The number of H-pyrrole nitrogens is 1. The number of nitrogens with one attached hydrogen (secondary N) is 1. The van der Waals surface area contributed by atoms with Gasteiger partial charge in [0.25, 0.3) is 0 Å². The van der Waals surface area contributed by atoms with Gasteiger partial charge in [-0.25, -0.2) is 0 Å². The quantitative estimate of drug-likeness (QED) is 0.439. The molecule has 2 aromatic carbocycles. The molecule has 0 bridgehead atoms. The first kappa shape index (κ1) is 12.0. The van der Waals surface area contributed by atoms with Crippen molar-refractivity contribution in [3.63, 3.8) is 0 Å². The SMILES string of the molecule is Cc1cc2ccccc2[nH]1.c1ccc2sccc2c1. The first-order valence-electron chi connectivity index (χ1n) is 6.29. The molecule has 0 saturated carbocycles. The third-order valence-electron chi connectivity index (χ3n) is 3.03. The molecule has 0 atom stereocenters. The van der Waals surface area contributed by atoms with Crippen LogP contribution in [0.4, 0.5) is 0 Å². The van der Waals surface area contributed by atoms with Gasteiger partial charge in [0.2, 0.25) is 0 Å². The molecule has 0 aliphatic rings. The number of fused-ring (bicyclic) bond motifs is 2. The number of rotatable bonds is 0. The van der Waals surface area contributed by atoms with E-state index in [0.29, 0.717) is 0 Å². The van der Waals surface area contributed by atoms with Crippen molar-refractivity contribution >= 4 is 32.3 Å². The maximum Gasteiger partial charge on any atom is 0.0455 e. The third kappa shape index (κ3) is 2.69. The van der Waals surface area contributed by atoms with E-state index < -0.39 is 0 Å². The molecular formula is C17H15NS. The summed E-state index contributed by atoms with van der Waals surface area (Å²) in [5.74, 6) is 0. The van der Waals surface area contributed by atoms with Gasteiger partial charge in [-0.3, -0.25) is 0 Å². The third-order valence-corrected chi connectivity index (χ3v) is 3.92. The topological polar surface area (TPSA) is 15.8 Å². The summed E-state index contributed by atoms with van der Waals surface area (Å²) < 4.78 is 1.37. The van der Waals surface area contributed by atoms with Crippen molar-refractivity contribution in [3.8, 4) is 0 Å². The van der Waals surface area contributed by atoms with E-state index in [9.17, 15) is 0 Å². The van der Waals surface area contributed by atoms with Crippen LogP contribution < -0.4 is 0 Å². The monoisotopic (exact) mass is 265 g/mol. The van der Waals surface area contributed by atoms with Crippen LogP contribution in [0.3, 0.4) is 0 Å². The minimum atomic E-state index is 1.22. The van der Waals surface area contributed by atoms with Gasteiger partial charge in [0.15, 0.2) is 0 Å².